The van der Waals surface area contributed by atoms with Crippen LogP contribution in [0.4, 0.5) is 0 Å². The number of unbranched alkanes of at least 4 members (excludes halogenated alkanes) is 6. The Hall–Kier alpha value is -0.600. The van der Waals surface area contributed by atoms with Gasteiger partial charge in [-0.15, -0.1) is 23.2 Å². The van der Waals surface area contributed by atoms with E-state index in [9.17, 15) is 0 Å². The zero-order chi connectivity index (χ0) is 16.2. The van der Waals surface area contributed by atoms with E-state index in [0.717, 1.165) is 35.7 Å². The van der Waals surface area contributed by atoms with Crippen molar-refractivity contribution in [1.29, 1.82) is 0 Å². The first-order valence-corrected chi connectivity index (χ1v) is 9.28. The van der Waals surface area contributed by atoms with Crippen molar-refractivity contribution in [2.24, 2.45) is 0 Å². The Morgan fingerprint density at radius 3 is 1.95 bits per heavy atom. The van der Waals surface area contributed by atoms with Crippen LogP contribution in [0.15, 0.2) is 12.1 Å². The minimum absolute atomic E-state index is 0.402. The van der Waals surface area contributed by atoms with Gasteiger partial charge in [0.15, 0.2) is 0 Å². The summed E-state index contributed by atoms with van der Waals surface area (Å²) in [5.74, 6) is 2.41. The molecule has 1 rings (SSSR count). The fraction of sp³-hybridized carbons (Fsp3) is 0.667. The van der Waals surface area contributed by atoms with Gasteiger partial charge < -0.3 is 9.47 Å². The van der Waals surface area contributed by atoms with E-state index in [1.54, 1.807) is 7.11 Å². The number of methoxy groups -OCH3 is 1. The molecule has 22 heavy (non-hydrogen) atoms. The molecule has 0 aliphatic rings. The SMILES string of the molecule is CCCCCCCCCOc1cc(CCl)c(OC)cc1CCl. The van der Waals surface area contributed by atoms with Crippen molar-refractivity contribution >= 4 is 23.2 Å². The van der Waals surface area contributed by atoms with Gasteiger partial charge in [0.1, 0.15) is 11.5 Å². The molecule has 2 nitrogen and oxygen atoms in total. The summed E-state index contributed by atoms with van der Waals surface area (Å²) in [4.78, 5) is 0. The van der Waals surface area contributed by atoms with Gasteiger partial charge in [0.25, 0.3) is 0 Å². The molecule has 0 amide bonds. The summed E-state index contributed by atoms with van der Waals surface area (Å²) in [6, 6.07) is 3.87. The largest absolute Gasteiger partial charge is 0.496 e. The zero-order valence-corrected chi connectivity index (χ0v) is 15.3. The second-order valence-corrected chi connectivity index (χ2v) is 6.04. The number of hydrogen-bond donors (Lipinski definition) is 0. The van der Waals surface area contributed by atoms with Crippen LogP contribution in [-0.4, -0.2) is 13.7 Å². The van der Waals surface area contributed by atoms with Gasteiger partial charge in [-0.05, 0) is 18.6 Å². The monoisotopic (exact) mass is 346 g/mol. The second kappa shape index (κ2) is 11.9. The van der Waals surface area contributed by atoms with Crippen LogP contribution in [0.3, 0.4) is 0 Å². The Kier molecular flexibility index (Phi) is 10.5. The third kappa shape index (κ3) is 6.66. The van der Waals surface area contributed by atoms with Crippen LogP contribution in [0.2, 0.25) is 0 Å². The van der Waals surface area contributed by atoms with Crippen molar-refractivity contribution in [2.75, 3.05) is 13.7 Å². The molecule has 4 heteroatoms. The van der Waals surface area contributed by atoms with Crippen LogP contribution in [0, 0.1) is 0 Å². The molecule has 0 saturated carbocycles. The minimum atomic E-state index is 0.402. The molecule has 0 aromatic heterocycles. The van der Waals surface area contributed by atoms with Crippen LogP contribution in [0.25, 0.3) is 0 Å². The fourth-order valence-electron chi connectivity index (χ4n) is 2.42. The molecular weight excluding hydrogens is 319 g/mol. The lowest BCUT2D eigenvalue weighted by Crippen LogP contribution is -2.02. The molecule has 0 spiro atoms. The van der Waals surface area contributed by atoms with E-state index >= 15 is 0 Å². The smallest absolute Gasteiger partial charge is 0.124 e. The minimum Gasteiger partial charge on any atom is -0.496 e. The number of alkyl halides is 2. The highest BCUT2D eigenvalue weighted by molar-refractivity contribution is 6.18. The molecular formula is C18H28Cl2O2. The van der Waals surface area contributed by atoms with E-state index in [2.05, 4.69) is 6.92 Å². The lowest BCUT2D eigenvalue weighted by Gasteiger charge is -2.14. The Morgan fingerprint density at radius 1 is 0.818 bits per heavy atom. The third-order valence-corrected chi connectivity index (χ3v) is 4.33. The summed E-state index contributed by atoms with van der Waals surface area (Å²) in [7, 11) is 1.64. The summed E-state index contributed by atoms with van der Waals surface area (Å²) >= 11 is 12.0. The van der Waals surface area contributed by atoms with Gasteiger partial charge in [0.2, 0.25) is 0 Å². The van der Waals surface area contributed by atoms with E-state index in [1.807, 2.05) is 12.1 Å². The average Bonchev–Trinajstić information content (AvgIpc) is 2.56. The number of ether oxygens (including phenoxy) is 2. The third-order valence-electron chi connectivity index (χ3n) is 3.76. The summed E-state index contributed by atoms with van der Waals surface area (Å²) in [5, 5.41) is 0. The van der Waals surface area contributed by atoms with Crippen molar-refractivity contribution in [3.8, 4) is 11.5 Å². The molecule has 0 heterocycles. The molecule has 0 saturated heterocycles. The molecule has 126 valence electrons. The second-order valence-electron chi connectivity index (χ2n) is 5.51. The molecule has 0 bridgehead atoms. The first-order chi connectivity index (χ1) is 10.8. The van der Waals surface area contributed by atoms with E-state index in [1.165, 1.54) is 38.5 Å². The number of halogens is 2. The first kappa shape index (κ1) is 19.4. The highest BCUT2D eigenvalue weighted by Crippen LogP contribution is 2.31. The van der Waals surface area contributed by atoms with E-state index in [-0.39, 0.29) is 0 Å². The van der Waals surface area contributed by atoms with Crippen molar-refractivity contribution in [3.63, 3.8) is 0 Å². The van der Waals surface area contributed by atoms with Gasteiger partial charge in [-0.2, -0.15) is 0 Å². The molecule has 0 atom stereocenters. The topological polar surface area (TPSA) is 18.5 Å². The Labute approximate surface area is 145 Å². The predicted octanol–water partition coefficient (Wildman–Crippen LogP) is 6.30. The molecule has 0 aliphatic carbocycles. The summed E-state index contributed by atoms with van der Waals surface area (Å²) in [5.41, 5.74) is 1.89. The molecule has 1 aromatic carbocycles. The lowest BCUT2D eigenvalue weighted by molar-refractivity contribution is 0.301. The highest BCUT2D eigenvalue weighted by Gasteiger charge is 2.10. The van der Waals surface area contributed by atoms with E-state index in [0.29, 0.717) is 11.8 Å². The summed E-state index contributed by atoms with van der Waals surface area (Å²) < 4.78 is 11.2. The van der Waals surface area contributed by atoms with Crippen molar-refractivity contribution < 1.29 is 9.47 Å². The van der Waals surface area contributed by atoms with Gasteiger partial charge >= 0.3 is 0 Å². The molecule has 0 fully saturated rings. The maximum absolute atomic E-state index is 6.00. The fourth-order valence-corrected chi connectivity index (χ4v) is 2.84. The standard InChI is InChI=1S/C18H28Cl2O2/c1-3-4-5-6-7-8-9-10-22-18-12-15(13-19)17(21-2)11-16(18)14-20/h11-12H,3-10,13-14H2,1-2H3. The number of hydrogen-bond acceptors (Lipinski definition) is 2. The first-order valence-electron chi connectivity index (χ1n) is 8.21. The van der Waals surface area contributed by atoms with Gasteiger partial charge in [0.05, 0.1) is 25.5 Å². The van der Waals surface area contributed by atoms with Gasteiger partial charge in [-0.3, -0.25) is 0 Å². The molecule has 0 N–H and O–H groups in total. The maximum Gasteiger partial charge on any atom is 0.124 e. The van der Waals surface area contributed by atoms with E-state index < -0.39 is 0 Å². The summed E-state index contributed by atoms with van der Waals surface area (Å²) in [6.45, 7) is 2.97. The van der Waals surface area contributed by atoms with Crippen LogP contribution in [-0.2, 0) is 11.8 Å². The quantitative estimate of drug-likeness (QED) is 0.326. The number of rotatable bonds is 12. The van der Waals surface area contributed by atoms with Crippen molar-refractivity contribution in [1.82, 2.24) is 0 Å². The highest BCUT2D eigenvalue weighted by atomic mass is 35.5. The van der Waals surface area contributed by atoms with Gasteiger partial charge in [0, 0.05) is 11.1 Å². The van der Waals surface area contributed by atoms with Crippen molar-refractivity contribution in [2.45, 2.75) is 63.6 Å². The normalized spacial score (nSPS) is 10.7. The molecule has 0 unspecified atom stereocenters. The molecule has 0 radical (unpaired) electrons. The Morgan fingerprint density at radius 2 is 1.36 bits per heavy atom. The average molecular weight is 347 g/mol. The Bertz CT molecular complexity index is 422. The molecule has 0 aliphatic heterocycles. The van der Waals surface area contributed by atoms with Crippen LogP contribution in [0.5, 0.6) is 11.5 Å². The predicted molar refractivity (Wildman–Crippen MR) is 95.6 cm³/mol. The van der Waals surface area contributed by atoms with Crippen LogP contribution < -0.4 is 9.47 Å². The van der Waals surface area contributed by atoms with Crippen LogP contribution in [0.1, 0.15) is 63.0 Å². The number of benzene rings is 1. The Balaban J connectivity index is 2.41. The van der Waals surface area contributed by atoms with Crippen LogP contribution >= 0.6 is 23.2 Å². The zero-order valence-electron chi connectivity index (χ0n) is 13.8. The van der Waals surface area contributed by atoms with E-state index in [4.69, 9.17) is 32.7 Å². The summed E-state index contributed by atoms with van der Waals surface area (Å²) in [6.07, 6.45) is 8.92. The van der Waals surface area contributed by atoms with Crippen molar-refractivity contribution in [3.05, 3.63) is 23.3 Å². The maximum atomic E-state index is 6.00. The lowest BCUT2D eigenvalue weighted by atomic mass is 10.1. The van der Waals surface area contributed by atoms with Gasteiger partial charge in [-0.1, -0.05) is 45.4 Å². The van der Waals surface area contributed by atoms with Gasteiger partial charge in [-0.25, -0.2) is 0 Å². The molecule has 1 aromatic rings.